The zero-order chi connectivity index (χ0) is 9.26. The van der Waals surface area contributed by atoms with E-state index < -0.39 is 0 Å². The average Bonchev–Trinajstić information content (AvgIpc) is 2.53. The molecule has 3 N–H and O–H groups in total. The molecule has 13 heavy (non-hydrogen) atoms. The van der Waals surface area contributed by atoms with E-state index in [1.807, 2.05) is 12.1 Å². The van der Waals surface area contributed by atoms with Crippen molar-refractivity contribution < 1.29 is 0 Å². The molecule has 0 aliphatic heterocycles. The van der Waals surface area contributed by atoms with Gasteiger partial charge in [-0.2, -0.15) is 4.98 Å². The predicted molar refractivity (Wildman–Crippen MR) is 51.7 cm³/mol. The zero-order valence-electron chi connectivity index (χ0n) is 6.53. The van der Waals surface area contributed by atoms with Gasteiger partial charge in [0.1, 0.15) is 5.69 Å². The van der Waals surface area contributed by atoms with E-state index in [4.69, 9.17) is 5.73 Å². The van der Waals surface area contributed by atoms with Crippen LogP contribution in [0.2, 0.25) is 0 Å². The number of nitrogens with one attached hydrogen (secondary N) is 1. The Labute approximate surface area is 82.5 Å². The van der Waals surface area contributed by atoms with Crippen molar-refractivity contribution in [2.75, 3.05) is 5.73 Å². The van der Waals surface area contributed by atoms with Gasteiger partial charge in [0, 0.05) is 10.7 Å². The van der Waals surface area contributed by atoms with E-state index in [0.717, 1.165) is 4.47 Å². The van der Waals surface area contributed by atoms with Gasteiger partial charge in [0.2, 0.25) is 5.95 Å². The second-order valence-electron chi connectivity index (χ2n) is 2.40. The van der Waals surface area contributed by atoms with Gasteiger partial charge < -0.3 is 5.73 Å². The lowest BCUT2D eigenvalue weighted by Crippen LogP contribution is -1.86. The van der Waals surface area contributed by atoms with E-state index in [0.29, 0.717) is 11.5 Å². The molecule has 2 heterocycles. The summed E-state index contributed by atoms with van der Waals surface area (Å²) in [5.74, 6) is 0.796. The van der Waals surface area contributed by atoms with E-state index in [-0.39, 0.29) is 5.95 Å². The molecule has 2 aromatic heterocycles. The smallest absolute Gasteiger partial charge is 0.239 e. The number of H-pyrrole nitrogens is 1. The van der Waals surface area contributed by atoms with Crippen molar-refractivity contribution in [1.29, 1.82) is 0 Å². The van der Waals surface area contributed by atoms with Crippen molar-refractivity contribution in [3.05, 3.63) is 22.8 Å². The van der Waals surface area contributed by atoms with Crippen molar-refractivity contribution in [2.24, 2.45) is 0 Å². The predicted octanol–water partition coefficient (Wildman–Crippen LogP) is 1.21. The Morgan fingerprint density at radius 3 is 2.77 bits per heavy atom. The van der Waals surface area contributed by atoms with E-state index in [2.05, 4.69) is 36.1 Å². The van der Waals surface area contributed by atoms with Crippen molar-refractivity contribution >= 4 is 21.9 Å². The first-order valence-electron chi connectivity index (χ1n) is 3.55. The number of hydrogen-bond donors (Lipinski definition) is 2. The highest BCUT2D eigenvalue weighted by Gasteiger charge is 2.03. The quantitative estimate of drug-likeness (QED) is 0.784. The Hall–Kier alpha value is -1.43. The molecule has 0 amide bonds. The summed E-state index contributed by atoms with van der Waals surface area (Å²) >= 11 is 3.29. The van der Waals surface area contributed by atoms with E-state index in [1.54, 1.807) is 6.20 Å². The summed E-state index contributed by atoms with van der Waals surface area (Å²) in [6, 6.07) is 3.70. The third-order valence-corrected chi connectivity index (χ3v) is 1.94. The summed E-state index contributed by atoms with van der Waals surface area (Å²) in [5.41, 5.74) is 6.07. The Morgan fingerprint density at radius 2 is 2.23 bits per heavy atom. The van der Waals surface area contributed by atoms with Crippen molar-refractivity contribution in [2.45, 2.75) is 0 Å². The fraction of sp³-hybridized carbons (Fsp3) is 0. The van der Waals surface area contributed by atoms with Crippen LogP contribution in [0, 0.1) is 0 Å². The van der Waals surface area contributed by atoms with Crippen LogP contribution in [0.25, 0.3) is 11.5 Å². The molecule has 0 aliphatic carbocycles. The van der Waals surface area contributed by atoms with Gasteiger partial charge in [0.05, 0.1) is 0 Å². The molecule has 0 aliphatic rings. The maximum Gasteiger partial charge on any atom is 0.239 e. The fourth-order valence-electron chi connectivity index (χ4n) is 0.905. The number of nitrogen functional groups attached to an aromatic ring is 1. The SMILES string of the molecule is Nc1n[nH]c(-c2ccc(Br)cn2)n1. The molecular formula is C7H6BrN5. The number of pyridine rings is 1. The summed E-state index contributed by atoms with van der Waals surface area (Å²) in [7, 11) is 0. The molecule has 0 spiro atoms. The molecule has 0 unspecified atom stereocenters. The van der Waals surface area contributed by atoms with Crippen LogP contribution in [0.15, 0.2) is 22.8 Å². The molecule has 2 rings (SSSR count). The summed E-state index contributed by atoms with van der Waals surface area (Å²) in [4.78, 5) is 8.07. The molecule has 0 atom stereocenters. The van der Waals surface area contributed by atoms with Crippen molar-refractivity contribution in [1.82, 2.24) is 20.2 Å². The molecular weight excluding hydrogens is 234 g/mol. The molecule has 0 bridgehead atoms. The fourth-order valence-corrected chi connectivity index (χ4v) is 1.14. The third kappa shape index (κ3) is 1.67. The van der Waals surface area contributed by atoms with Gasteiger partial charge in [-0.15, -0.1) is 5.10 Å². The molecule has 5 nitrogen and oxygen atoms in total. The third-order valence-electron chi connectivity index (χ3n) is 1.47. The van der Waals surface area contributed by atoms with Crippen LogP contribution in [0.5, 0.6) is 0 Å². The number of halogens is 1. The number of rotatable bonds is 1. The maximum atomic E-state index is 5.36. The lowest BCUT2D eigenvalue weighted by Gasteiger charge is -1.93. The molecule has 66 valence electrons. The minimum absolute atomic E-state index is 0.222. The molecule has 0 saturated carbocycles. The van der Waals surface area contributed by atoms with Crippen LogP contribution in [0.4, 0.5) is 5.95 Å². The first-order valence-corrected chi connectivity index (χ1v) is 4.35. The van der Waals surface area contributed by atoms with E-state index >= 15 is 0 Å². The summed E-state index contributed by atoms with van der Waals surface area (Å²) in [5, 5.41) is 6.38. The lowest BCUT2D eigenvalue weighted by molar-refractivity contribution is 1.09. The second kappa shape index (κ2) is 3.14. The number of aromatic amines is 1. The Bertz CT molecular complexity index is 407. The number of aromatic nitrogens is 4. The van der Waals surface area contributed by atoms with Gasteiger partial charge in [-0.05, 0) is 28.1 Å². The van der Waals surface area contributed by atoms with Gasteiger partial charge in [0.15, 0.2) is 5.82 Å². The second-order valence-corrected chi connectivity index (χ2v) is 3.32. The lowest BCUT2D eigenvalue weighted by atomic mass is 10.3. The van der Waals surface area contributed by atoms with Crippen LogP contribution in [-0.2, 0) is 0 Å². The van der Waals surface area contributed by atoms with Gasteiger partial charge in [-0.1, -0.05) is 0 Å². The normalized spacial score (nSPS) is 10.2. The first-order chi connectivity index (χ1) is 6.25. The largest absolute Gasteiger partial charge is 0.366 e. The van der Waals surface area contributed by atoms with Crippen LogP contribution in [-0.4, -0.2) is 20.2 Å². The highest BCUT2D eigenvalue weighted by Crippen LogP contribution is 2.14. The number of nitrogens with zero attached hydrogens (tertiary/aromatic N) is 3. The zero-order valence-corrected chi connectivity index (χ0v) is 8.12. The highest BCUT2D eigenvalue weighted by molar-refractivity contribution is 9.10. The molecule has 0 aromatic carbocycles. The maximum absolute atomic E-state index is 5.36. The monoisotopic (exact) mass is 239 g/mol. The molecule has 0 saturated heterocycles. The number of hydrogen-bond acceptors (Lipinski definition) is 4. The molecule has 0 fully saturated rings. The standard InChI is InChI=1S/C7H6BrN5/c8-4-1-2-5(10-3-4)6-11-7(9)13-12-6/h1-3H,(H3,9,11,12,13). The van der Waals surface area contributed by atoms with Gasteiger partial charge in [0.25, 0.3) is 0 Å². The minimum atomic E-state index is 0.222. The van der Waals surface area contributed by atoms with Crippen molar-refractivity contribution in [3.63, 3.8) is 0 Å². The number of nitrogens with two attached hydrogens (primary N) is 1. The average molecular weight is 240 g/mol. The topological polar surface area (TPSA) is 80.5 Å². The Balaban J connectivity index is 2.41. The van der Waals surface area contributed by atoms with E-state index in [9.17, 15) is 0 Å². The first kappa shape index (κ1) is 8.18. The summed E-state index contributed by atoms with van der Waals surface area (Å²) < 4.78 is 0.920. The summed E-state index contributed by atoms with van der Waals surface area (Å²) in [6.07, 6.45) is 1.69. The minimum Gasteiger partial charge on any atom is -0.366 e. The molecule has 2 aromatic rings. The van der Waals surface area contributed by atoms with E-state index in [1.165, 1.54) is 0 Å². The Morgan fingerprint density at radius 1 is 1.38 bits per heavy atom. The summed E-state index contributed by atoms with van der Waals surface area (Å²) in [6.45, 7) is 0. The van der Waals surface area contributed by atoms with Crippen LogP contribution in [0.1, 0.15) is 0 Å². The molecule has 0 radical (unpaired) electrons. The van der Waals surface area contributed by atoms with Crippen LogP contribution < -0.4 is 5.73 Å². The van der Waals surface area contributed by atoms with Crippen molar-refractivity contribution in [3.8, 4) is 11.5 Å². The van der Waals surface area contributed by atoms with Gasteiger partial charge in [-0.25, -0.2) is 0 Å². The molecule has 6 heteroatoms. The number of anilines is 1. The van der Waals surface area contributed by atoms with Crippen LogP contribution >= 0.6 is 15.9 Å². The Kier molecular flexibility index (Phi) is 1.97. The van der Waals surface area contributed by atoms with Gasteiger partial charge in [-0.3, -0.25) is 10.1 Å². The van der Waals surface area contributed by atoms with Gasteiger partial charge >= 0.3 is 0 Å². The van der Waals surface area contributed by atoms with Crippen LogP contribution in [0.3, 0.4) is 0 Å². The highest BCUT2D eigenvalue weighted by atomic mass is 79.9.